The normalized spacial score (nSPS) is 14.9. The van der Waals surface area contributed by atoms with Crippen LogP contribution in [-0.4, -0.2) is 96.7 Å². The molecule has 0 fully saturated rings. The smallest absolute Gasteiger partial charge is 0.462 e. The quantitative estimate of drug-likeness (QED) is 0.0169. The average molecular weight is 1570 g/mol. The highest BCUT2D eigenvalue weighted by Gasteiger charge is 2.30. The molecule has 5 atom stereocenters. The molecule has 19 heteroatoms. The van der Waals surface area contributed by atoms with Crippen LogP contribution in [0.5, 0.6) is 0 Å². The number of aliphatic hydroxyl groups excluding tert-OH is 1. The van der Waals surface area contributed by atoms with E-state index in [0.29, 0.717) is 25.7 Å². The van der Waals surface area contributed by atoms with Gasteiger partial charge in [0.1, 0.15) is 19.3 Å². The lowest BCUT2D eigenvalue weighted by molar-refractivity contribution is -0.161. The first-order valence-corrected chi connectivity index (χ1v) is 44.0. The van der Waals surface area contributed by atoms with Crippen molar-refractivity contribution >= 4 is 39.5 Å². The zero-order valence-corrected chi connectivity index (χ0v) is 69.4. The van der Waals surface area contributed by atoms with Gasteiger partial charge >= 0.3 is 39.5 Å². The Morgan fingerprint density at radius 2 is 0.482 bits per heavy atom. The summed E-state index contributed by atoms with van der Waals surface area (Å²) >= 11 is 0. The molecule has 17 nitrogen and oxygen atoms in total. The Labute approximate surface area is 664 Å². The van der Waals surface area contributed by atoms with Crippen molar-refractivity contribution < 1.29 is 80.2 Å². The summed E-state index contributed by atoms with van der Waals surface area (Å²) in [7, 11) is -10.0. The third kappa shape index (κ3) is 79.5. The number of hydrogen-bond acceptors (Lipinski definition) is 15. The molecule has 0 aliphatic heterocycles. The summed E-state index contributed by atoms with van der Waals surface area (Å²) in [6.07, 6.45) is 102. The fourth-order valence-corrected chi connectivity index (χ4v) is 11.5. The molecule has 0 aliphatic carbocycles. The fraction of sp³-hybridized carbons (Fsp3) is 0.560. The van der Waals surface area contributed by atoms with Crippen LogP contribution in [0.15, 0.2) is 219 Å². The van der Waals surface area contributed by atoms with Crippen LogP contribution in [0.4, 0.5) is 0 Å². The van der Waals surface area contributed by atoms with Crippen molar-refractivity contribution in [3.05, 3.63) is 219 Å². The maximum Gasteiger partial charge on any atom is 0.472 e. The maximum atomic E-state index is 13.1. The number of aliphatic hydroxyl groups is 1. The molecule has 618 valence electrons. The molecule has 0 bridgehead atoms. The Kier molecular flexibility index (Phi) is 75.6. The Morgan fingerprint density at radius 1 is 0.264 bits per heavy atom. The van der Waals surface area contributed by atoms with E-state index in [0.717, 1.165) is 193 Å². The zero-order valence-electron chi connectivity index (χ0n) is 67.6. The van der Waals surface area contributed by atoms with Crippen molar-refractivity contribution in [2.75, 3.05) is 39.6 Å². The van der Waals surface area contributed by atoms with E-state index in [9.17, 15) is 43.2 Å². The summed E-state index contributed by atoms with van der Waals surface area (Å²) in [6, 6.07) is 0. The van der Waals surface area contributed by atoms with Gasteiger partial charge < -0.3 is 33.8 Å². The van der Waals surface area contributed by atoms with Gasteiger partial charge in [-0.3, -0.25) is 37.3 Å². The topological polar surface area (TPSA) is 237 Å². The van der Waals surface area contributed by atoms with Crippen molar-refractivity contribution in [3.63, 3.8) is 0 Å². The summed E-state index contributed by atoms with van der Waals surface area (Å²) in [6.45, 7) is 4.19. The van der Waals surface area contributed by atoms with Crippen LogP contribution >= 0.6 is 15.6 Å². The van der Waals surface area contributed by atoms with Gasteiger partial charge in [0.2, 0.25) is 0 Å². The van der Waals surface area contributed by atoms with Crippen molar-refractivity contribution in [1.29, 1.82) is 0 Å². The molecule has 0 aromatic carbocycles. The number of unbranched alkanes of at least 4 members (excludes halogenated alkanes) is 13. The van der Waals surface area contributed by atoms with Crippen LogP contribution < -0.4 is 0 Å². The average Bonchev–Trinajstić information content (AvgIpc) is 0.900. The van der Waals surface area contributed by atoms with Crippen LogP contribution in [0.1, 0.15) is 272 Å². The van der Waals surface area contributed by atoms with E-state index in [1.807, 2.05) is 12.2 Å². The van der Waals surface area contributed by atoms with E-state index < -0.39 is 97.5 Å². The minimum Gasteiger partial charge on any atom is -0.462 e. The number of allylic oxidation sites excluding steroid dienone is 35. The molecule has 0 spiro atoms. The van der Waals surface area contributed by atoms with E-state index in [-0.39, 0.29) is 25.7 Å². The highest BCUT2D eigenvalue weighted by molar-refractivity contribution is 7.47. The first-order chi connectivity index (χ1) is 53.7. The first kappa shape index (κ1) is 103. The largest absolute Gasteiger partial charge is 0.472 e. The minimum atomic E-state index is -5.02. The Bertz CT molecular complexity index is 2950. The van der Waals surface area contributed by atoms with Gasteiger partial charge in [0, 0.05) is 19.3 Å². The molecule has 0 rings (SSSR count). The minimum absolute atomic E-state index is 0.0354. The van der Waals surface area contributed by atoms with Crippen molar-refractivity contribution in [2.24, 2.45) is 0 Å². The molecule has 5 unspecified atom stereocenters. The van der Waals surface area contributed by atoms with Gasteiger partial charge in [-0.1, -0.05) is 291 Å². The lowest BCUT2D eigenvalue weighted by Gasteiger charge is -2.21. The molecule has 0 saturated heterocycles. The van der Waals surface area contributed by atoms with Gasteiger partial charge in [-0.15, -0.1) is 0 Å². The number of carbonyl (C=O) groups is 4. The molecule has 0 aromatic rings. The molecule has 0 aromatic heterocycles. The van der Waals surface area contributed by atoms with Crippen molar-refractivity contribution in [3.8, 4) is 0 Å². The Balaban J connectivity index is 5.55. The molecule has 0 radical (unpaired) electrons. The number of phosphoric ester groups is 2. The van der Waals surface area contributed by atoms with Crippen LogP contribution in [0.3, 0.4) is 0 Å². The maximum absolute atomic E-state index is 13.1. The van der Waals surface area contributed by atoms with E-state index in [4.69, 9.17) is 37.0 Å². The van der Waals surface area contributed by atoms with E-state index in [1.54, 1.807) is 12.2 Å². The highest BCUT2D eigenvalue weighted by Crippen LogP contribution is 2.45. The summed E-state index contributed by atoms with van der Waals surface area (Å²) in [4.78, 5) is 73.1. The Morgan fingerprint density at radius 3 is 0.773 bits per heavy atom. The van der Waals surface area contributed by atoms with Crippen LogP contribution in [-0.2, 0) is 65.4 Å². The molecule has 0 aliphatic rings. The van der Waals surface area contributed by atoms with Gasteiger partial charge in [-0.2, -0.15) is 0 Å². The number of phosphoric acid groups is 2. The molecular formula is C91H142O17P2. The lowest BCUT2D eigenvalue weighted by atomic mass is 10.1. The van der Waals surface area contributed by atoms with Gasteiger partial charge in [-0.05, 0) is 173 Å². The highest BCUT2D eigenvalue weighted by atomic mass is 31.2. The second-order valence-electron chi connectivity index (χ2n) is 26.2. The Hall–Kier alpha value is -6.62. The number of rotatable bonds is 74. The van der Waals surface area contributed by atoms with E-state index in [1.165, 1.54) is 0 Å². The van der Waals surface area contributed by atoms with Crippen LogP contribution in [0.25, 0.3) is 0 Å². The fourth-order valence-electron chi connectivity index (χ4n) is 9.89. The first-order valence-electron chi connectivity index (χ1n) is 41.0. The van der Waals surface area contributed by atoms with Gasteiger partial charge in [-0.25, -0.2) is 9.13 Å². The number of esters is 4. The third-order valence-electron chi connectivity index (χ3n) is 16.0. The molecule has 110 heavy (non-hydrogen) atoms. The third-order valence-corrected chi connectivity index (χ3v) is 17.9. The summed E-state index contributed by atoms with van der Waals surface area (Å²) < 4.78 is 68.5. The summed E-state index contributed by atoms with van der Waals surface area (Å²) in [5.41, 5.74) is 0. The van der Waals surface area contributed by atoms with Gasteiger partial charge in [0.25, 0.3) is 0 Å². The molecule has 0 heterocycles. The van der Waals surface area contributed by atoms with Gasteiger partial charge in [0.05, 0.1) is 32.8 Å². The summed E-state index contributed by atoms with van der Waals surface area (Å²) in [5.74, 6) is -2.43. The molecule has 3 N–H and O–H groups in total. The van der Waals surface area contributed by atoms with Crippen LogP contribution in [0.2, 0.25) is 0 Å². The summed E-state index contributed by atoms with van der Waals surface area (Å²) in [5, 5.41) is 10.7. The number of ether oxygens (including phenoxy) is 4. The SMILES string of the molecule is CC/C=C\C/C=C\C/C=C\C/C=C\C/C=C\CCCCCC(=O)OCC(COP(=O)(O)OCC(O)COP(=O)(O)OCC(COC(=O)CCCCCCCCC/C=C\C/C=C\C/C=C\CC)OC(=O)C/C=C\C/C=C\C/C=C\C/C=C\C/C=C\CC)OC(=O)CCCCC/C=C\C/C=C\C/C=C\C/C=C\C/C=C\CC. The van der Waals surface area contributed by atoms with Gasteiger partial charge in [0.15, 0.2) is 12.2 Å². The number of carbonyl (C=O) groups excluding carboxylic acids is 4. The molecule has 0 amide bonds. The van der Waals surface area contributed by atoms with E-state index in [2.05, 4.69) is 222 Å². The van der Waals surface area contributed by atoms with Crippen LogP contribution in [0, 0.1) is 0 Å². The standard InChI is InChI=1S/C91H142O17P2/c1-5-9-13-17-21-25-29-33-37-40-42-45-49-52-56-60-64-68-72-76-89(94)102-82-87(108-91(96)78-74-70-66-62-58-54-50-46-43-41-38-34-30-26-22-18-14-10-6-2)84-106-110(99,100)104-80-85(92)79-103-109(97,98)105-83-86(107-90(95)77-73-69-65-61-57-53-47-36-32-28-24-20-16-12-8-4)81-101-88(93)75-71-67-63-59-55-51-48-44-39-35-31-27-23-19-15-11-7-3/h9-16,21-28,33-39,42-43,45-47,52,54,56-58,61,69,73,85-87,92H,5-8,17-20,29-32,40-41,44,48-51,53,55,59-60,62-68,70-72,74-84H2,1-4H3,(H,97,98)(H,99,100)/b13-9-,14-10-,15-11-,16-12-,25-21-,26-22-,27-23-,28-24-,37-33-,38-34-,39-35-,45-42-,46-43-,47-36-,56-52-,58-54-,61-57-,73-69-. The molecule has 0 saturated carbocycles. The van der Waals surface area contributed by atoms with Crippen molar-refractivity contribution in [1.82, 2.24) is 0 Å². The monoisotopic (exact) mass is 1570 g/mol. The number of hydrogen-bond donors (Lipinski definition) is 3. The lowest BCUT2D eigenvalue weighted by Crippen LogP contribution is -2.30. The second kappa shape index (κ2) is 80.4. The second-order valence-corrected chi connectivity index (χ2v) is 29.1. The predicted molar refractivity (Wildman–Crippen MR) is 454 cm³/mol. The predicted octanol–water partition coefficient (Wildman–Crippen LogP) is 24.4. The molecular weight excluding hydrogens is 1430 g/mol. The van der Waals surface area contributed by atoms with E-state index >= 15 is 0 Å². The van der Waals surface area contributed by atoms with Crippen molar-refractivity contribution in [2.45, 2.75) is 290 Å². The zero-order chi connectivity index (χ0) is 80.3.